The molecule has 0 saturated heterocycles. The van der Waals surface area contributed by atoms with E-state index in [0.29, 0.717) is 23.7 Å². The van der Waals surface area contributed by atoms with Gasteiger partial charge in [-0.2, -0.15) is 0 Å². The first-order valence-corrected chi connectivity index (χ1v) is 8.90. The summed E-state index contributed by atoms with van der Waals surface area (Å²) in [6, 6.07) is 17.1. The Morgan fingerprint density at radius 3 is 2.67 bits per heavy atom. The van der Waals surface area contributed by atoms with Gasteiger partial charge in [0.2, 0.25) is 0 Å². The number of ether oxygens (including phenoxy) is 1. The number of amides is 1. The number of hydrogen-bond acceptors (Lipinski definition) is 4. The Morgan fingerprint density at radius 2 is 1.85 bits per heavy atom. The molecule has 0 spiro atoms. The number of carbonyl (C=O) groups is 1. The van der Waals surface area contributed by atoms with Crippen molar-refractivity contribution in [1.82, 2.24) is 4.98 Å². The zero-order valence-electron chi connectivity index (χ0n) is 15.7. The zero-order valence-corrected chi connectivity index (χ0v) is 15.7. The maximum Gasteiger partial charge on any atom is 0.274 e. The number of aromatic nitrogens is 1. The third-order valence-corrected chi connectivity index (χ3v) is 4.10. The highest BCUT2D eigenvalue weighted by Gasteiger charge is 2.12. The number of para-hydroxylation sites is 2. The Morgan fingerprint density at radius 1 is 1.04 bits per heavy atom. The third-order valence-electron chi connectivity index (χ3n) is 4.10. The summed E-state index contributed by atoms with van der Waals surface area (Å²) in [4.78, 5) is 16.8. The molecule has 0 saturated carbocycles. The average Bonchev–Trinajstić information content (AvgIpc) is 2.67. The summed E-state index contributed by atoms with van der Waals surface area (Å²) >= 11 is 0. The molecule has 0 aliphatic heterocycles. The lowest BCUT2D eigenvalue weighted by atomic mass is 10.1. The highest BCUT2D eigenvalue weighted by atomic mass is 16.5. The number of benzene rings is 2. The molecule has 0 bridgehead atoms. The molecule has 27 heavy (non-hydrogen) atoms. The molecule has 5 nitrogen and oxygen atoms in total. The Balaban J connectivity index is 1.79. The van der Waals surface area contributed by atoms with Crippen LogP contribution in [0.15, 0.2) is 60.8 Å². The van der Waals surface area contributed by atoms with E-state index in [1.54, 1.807) is 18.3 Å². The first-order valence-electron chi connectivity index (χ1n) is 8.90. The molecule has 0 aliphatic carbocycles. The zero-order chi connectivity index (χ0) is 19.2. The van der Waals surface area contributed by atoms with Gasteiger partial charge >= 0.3 is 0 Å². The number of hydrogen-bond donors (Lipinski definition) is 2. The van der Waals surface area contributed by atoms with E-state index >= 15 is 0 Å². The minimum Gasteiger partial charge on any atom is -0.492 e. The normalized spacial score (nSPS) is 10.3. The fraction of sp³-hybridized carbons (Fsp3) is 0.182. The molecule has 138 valence electrons. The number of aryl methyl sites for hydroxylation is 2. The van der Waals surface area contributed by atoms with Gasteiger partial charge in [0.25, 0.3) is 5.91 Å². The van der Waals surface area contributed by atoms with Gasteiger partial charge in [0.05, 0.1) is 12.3 Å². The largest absolute Gasteiger partial charge is 0.492 e. The number of rotatable bonds is 6. The van der Waals surface area contributed by atoms with Crippen LogP contribution in [0.3, 0.4) is 0 Å². The summed E-state index contributed by atoms with van der Waals surface area (Å²) in [5.41, 5.74) is 5.07. The van der Waals surface area contributed by atoms with Crippen LogP contribution in [0.1, 0.15) is 28.5 Å². The van der Waals surface area contributed by atoms with Gasteiger partial charge in [-0.05, 0) is 62.2 Å². The van der Waals surface area contributed by atoms with Crippen molar-refractivity contribution in [2.45, 2.75) is 20.8 Å². The second-order valence-electron chi connectivity index (χ2n) is 6.26. The number of nitrogens with zero attached hydrogens (tertiary/aromatic N) is 1. The highest BCUT2D eigenvalue weighted by molar-refractivity contribution is 6.04. The van der Waals surface area contributed by atoms with E-state index in [9.17, 15) is 4.79 Å². The van der Waals surface area contributed by atoms with Crippen LogP contribution in [0.25, 0.3) is 0 Å². The summed E-state index contributed by atoms with van der Waals surface area (Å²) in [5.74, 6) is 0.352. The summed E-state index contributed by atoms with van der Waals surface area (Å²) in [7, 11) is 0. The fourth-order valence-electron chi connectivity index (χ4n) is 2.70. The van der Waals surface area contributed by atoms with Gasteiger partial charge < -0.3 is 15.4 Å². The molecule has 2 N–H and O–H groups in total. The van der Waals surface area contributed by atoms with Gasteiger partial charge in [-0.25, -0.2) is 0 Å². The van der Waals surface area contributed by atoms with Crippen LogP contribution in [0.4, 0.5) is 17.1 Å². The maximum absolute atomic E-state index is 12.6. The van der Waals surface area contributed by atoms with Crippen molar-refractivity contribution in [3.8, 4) is 5.75 Å². The molecule has 1 heterocycles. The van der Waals surface area contributed by atoms with Crippen LogP contribution in [0.5, 0.6) is 5.75 Å². The first-order chi connectivity index (χ1) is 13.1. The molecule has 3 rings (SSSR count). The van der Waals surface area contributed by atoms with E-state index in [1.165, 1.54) is 5.56 Å². The van der Waals surface area contributed by atoms with Gasteiger partial charge in [0.15, 0.2) is 0 Å². The number of carbonyl (C=O) groups excluding carboxylic acids is 1. The predicted molar refractivity (Wildman–Crippen MR) is 109 cm³/mol. The van der Waals surface area contributed by atoms with Crippen molar-refractivity contribution >= 4 is 23.0 Å². The van der Waals surface area contributed by atoms with Gasteiger partial charge in [-0.1, -0.05) is 24.3 Å². The quantitative estimate of drug-likeness (QED) is 0.642. The molecule has 1 amide bonds. The van der Waals surface area contributed by atoms with Crippen LogP contribution in [-0.2, 0) is 0 Å². The Hall–Kier alpha value is -3.34. The summed E-state index contributed by atoms with van der Waals surface area (Å²) in [6.07, 6.45) is 1.62. The van der Waals surface area contributed by atoms with Crippen molar-refractivity contribution in [3.63, 3.8) is 0 Å². The van der Waals surface area contributed by atoms with Gasteiger partial charge in [0.1, 0.15) is 11.4 Å². The molecular weight excluding hydrogens is 338 g/mol. The second kappa shape index (κ2) is 8.36. The van der Waals surface area contributed by atoms with Crippen molar-refractivity contribution < 1.29 is 9.53 Å². The van der Waals surface area contributed by atoms with Gasteiger partial charge in [0, 0.05) is 17.6 Å². The Bertz CT molecular complexity index is 954. The summed E-state index contributed by atoms with van der Waals surface area (Å²) < 4.78 is 5.55. The molecule has 0 atom stereocenters. The van der Waals surface area contributed by atoms with Crippen molar-refractivity contribution in [1.29, 1.82) is 0 Å². The van der Waals surface area contributed by atoms with E-state index < -0.39 is 0 Å². The lowest BCUT2D eigenvalue weighted by Crippen LogP contribution is -2.14. The Kier molecular flexibility index (Phi) is 5.71. The monoisotopic (exact) mass is 361 g/mol. The molecular formula is C22H23N3O2. The summed E-state index contributed by atoms with van der Waals surface area (Å²) in [5, 5.41) is 6.23. The minimum atomic E-state index is -0.285. The van der Waals surface area contributed by atoms with Crippen LogP contribution in [0.2, 0.25) is 0 Å². The molecule has 0 unspecified atom stereocenters. The second-order valence-corrected chi connectivity index (χ2v) is 6.26. The minimum absolute atomic E-state index is 0.285. The molecule has 0 fully saturated rings. The molecule has 1 aromatic heterocycles. The molecule has 0 radical (unpaired) electrons. The van der Waals surface area contributed by atoms with Crippen LogP contribution >= 0.6 is 0 Å². The Labute approximate surface area is 159 Å². The SMILES string of the molecule is CCOc1ccccc1NC(=O)c1cc(Nc2cc(C)ccc2C)ccn1. The van der Waals surface area contributed by atoms with Crippen LogP contribution < -0.4 is 15.4 Å². The van der Waals surface area contributed by atoms with Gasteiger partial charge in [-0.3, -0.25) is 9.78 Å². The predicted octanol–water partition coefficient (Wildman–Crippen LogP) is 5.09. The van der Waals surface area contributed by atoms with Gasteiger partial charge in [-0.15, -0.1) is 0 Å². The first kappa shape index (κ1) is 18.5. The van der Waals surface area contributed by atoms with E-state index in [2.05, 4.69) is 33.8 Å². The number of pyridine rings is 1. The fourth-order valence-corrected chi connectivity index (χ4v) is 2.70. The van der Waals surface area contributed by atoms with E-state index in [1.807, 2.05) is 45.0 Å². The molecule has 3 aromatic rings. The van der Waals surface area contributed by atoms with Crippen LogP contribution in [-0.4, -0.2) is 17.5 Å². The maximum atomic E-state index is 12.6. The highest BCUT2D eigenvalue weighted by Crippen LogP contribution is 2.25. The number of nitrogens with one attached hydrogen (secondary N) is 2. The van der Waals surface area contributed by atoms with E-state index in [-0.39, 0.29) is 5.91 Å². The molecule has 0 aliphatic rings. The van der Waals surface area contributed by atoms with E-state index in [4.69, 9.17) is 4.74 Å². The third kappa shape index (κ3) is 4.64. The molecule has 2 aromatic carbocycles. The standard InChI is InChI=1S/C22H23N3O2/c1-4-27-21-8-6-5-7-18(21)25-22(26)20-14-17(11-12-23-20)24-19-13-15(2)9-10-16(19)3/h5-14H,4H2,1-3H3,(H,23,24)(H,25,26). The van der Waals surface area contributed by atoms with Crippen LogP contribution in [0, 0.1) is 13.8 Å². The average molecular weight is 361 g/mol. The molecule has 5 heteroatoms. The number of anilines is 3. The lowest BCUT2D eigenvalue weighted by molar-refractivity contribution is 0.102. The van der Waals surface area contributed by atoms with E-state index in [0.717, 1.165) is 16.9 Å². The van der Waals surface area contributed by atoms with Crippen molar-refractivity contribution in [2.75, 3.05) is 17.2 Å². The van der Waals surface area contributed by atoms with Crippen molar-refractivity contribution in [2.24, 2.45) is 0 Å². The summed E-state index contributed by atoms with van der Waals surface area (Å²) in [6.45, 7) is 6.52. The van der Waals surface area contributed by atoms with Crippen molar-refractivity contribution in [3.05, 3.63) is 77.6 Å². The topological polar surface area (TPSA) is 63.2 Å². The smallest absolute Gasteiger partial charge is 0.274 e. The lowest BCUT2D eigenvalue weighted by Gasteiger charge is -2.13.